The average molecular weight is 273 g/mol. The van der Waals surface area contributed by atoms with E-state index in [4.69, 9.17) is 10.4 Å². The number of amides is 2. The van der Waals surface area contributed by atoms with Gasteiger partial charge < -0.3 is 15.7 Å². The van der Waals surface area contributed by atoms with E-state index in [0.717, 1.165) is 0 Å². The summed E-state index contributed by atoms with van der Waals surface area (Å²) in [5, 5.41) is 23.1. The number of carboxylic acids is 1. The average Bonchev–Trinajstić information content (AvgIpc) is 2.87. The molecule has 0 aliphatic heterocycles. The van der Waals surface area contributed by atoms with Crippen molar-refractivity contribution < 1.29 is 14.7 Å². The fraction of sp³-hybridized carbons (Fsp3) is 0.357. The monoisotopic (exact) mass is 273 g/mol. The van der Waals surface area contributed by atoms with Crippen LogP contribution < -0.4 is 10.6 Å². The number of nitrogens with zero attached hydrogens (tertiary/aromatic N) is 1. The molecule has 6 heteroatoms. The number of hydrogen-bond acceptors (Lipinski definition) is 3. The molecule has 1 aromatic rings. The molecule has 1 aliphatic rings. The van der Waals surface area contributed by atoms with Crippen molar-refractivity contribution >= 4 is 17.7 Å². The first-order chi connectivity index (χ1) is 9.58. The SMILES string of the molecule is N#Cc1cccc(NC(=O)NC2CCC(C(=O)O)C2)c1. The molecule has 1 saturated carbocycles. The molecule has 0 saturated heterocycles. The number of carbonyl (C=O) groups excluding carboxylic acids is 1. The summed E-state index contributed by atoms with van der Waals surface area (Å²) < 4.78 is 0. The second-order valence-electron chi connectivity index (χ2n) is 4.84. The largest absolute Gasteiger partial charge is 0.481 e. The summed E-state index contributed by atoms with van der Waals surface area (Å²) in [6, 6.07) is 8.10. The molecule has 20 heavy (non-hydrogen) atoms. The third-order valence-corrected chi connectivity index (χ3v) is 3.37. The molecule has 0 spiro atoms. The Morgan fingerprint density at radius 1 is 1.35 bits per heavy atom. The van der Waals surface area contributed by atoms with Crippen molar-refractivity contribution in [3.05, 3.63) is 29.8 Å². The Morgan fingerprint density at radius 2 is 2.15 bits per heavy atom. The predicted molar refractivity (Wildman–Crippen MR) is 72.1 cm³/mol. The summed E-state index contributed by atoms with van der Waals surface area (Å²) in [6.45, 7) is 0. The zero-order valence-corrected chi connectivity index (χ0v) is 10.8. The Balaban J connectivity index is 1.87. The summed E-state index contributed by atoms with van der Waals surface area (Å²) >= 11 is 0. The molecular formula is C14H15N3O3. The number of carboxylic acid groups (broad SMARTS) is 1. The minimum Gasteiger partial charge on any atom is -0.481 e. The van der Waals surface area contributed by atoms with Crippen LogP contribution in [0, 0.1) is 17.2 Å². The van der Waals surface area contributed by atoms with Gasteiger partial charge in [0.05, 0.1) is 17.6 Å². The van der Waals surface area contributed by atoms with Crippen molar-refractivity contribution in [2.45, 2.75) is 25.3 Å². The van der Waals surface area contributed by atoms with Crippen LogP contribution in [0.3, 0.4) is 0 Å². The maximum atomic E-state index is 11.8. The highest BCUT2D eigenvalue weighted by molar-refractivity contribution is 5.89. The van der Waals surface area contributed by atoms with Gasteiger partial charge in [-0.3, -0.25) is 4.79 Å². The van der Waals surface area contributed by atoms with Crippen LogP contribution in [0.5, 0.6) is 0 Å². The number of urea groups is 1. The van der Waals surface area contributed by atoms with Crippen molar-refractivity contribution in [1.82, 2.24) is 5.32 Å². The van der Waals surface area contributed by atoms with E-state index in [9.17, 15) is 9.59 Å². The quantitative estimate of drug-likeness (QED) is 0.783. The highest BCUT2D eigenvalue weighted by Gasteiger charge is 2.30. The number of nitriles is 1. The normalized spacial score (nSPS) is 20.9. The van der Waals surface area contributed by atoms with E-state index in [0.29, 0.717) is 30.5 Å². The molecule has 2 atom stereocenters. The van der Waals surface area contributed by atoms with E-state index in [2.05, 4.69) is 10.6 Å². The Bertz CT molecular complexity index is 565. The summed E-state index contributed by atoms with van der Waals surface area (Å²) in [4.78, 5) is 22.6. The molecule has 1 fully saturated rings. The first-order valence-electron chi connectivity index (χ1n) is 6.39. The van der Waals surface area contributed by atoms with Crippen molar-refractivity contribution in [3.63, 3.8) is 0 Å². The predicted octanol–water partition coefficient (Wildman–Crippen LogP) is 1.93. The molecule has 0 radical (unpaired) electrons. The molecule has 0 bridgehead atoms. The number of carbonyl (C=O) groups is 2. The van der Waals surface area contributed by atoms with Crippen LogP contribution in [0.15, 0.2) is 24.3 Å². The van der Waals surface area contributed by atoms with Crippen LogP contribution >= 0.6 is 0 Å². The number of nitrogens with one attached hydrogen (secondary N) is 2. The maximum Gasteiger partial charge on any atom is 0.319 e. The highest BCUT2D eigenvalue weighted by Crippen LogP contribution is 2.25. The smallest absolute Gasteiger partial charge is 0.319 e. The summed E-state index contributed by atoms with van der Waals surface area (Å²) in [5.74, 6) is -1.18. The number of anilines is 1. The van der Waals surface area contributed by atoms with E-state index < -0.39 is 5.97 Å². The van der Waals surface area contributed by atoms with Gasteiger partial charge >= 0.3 is 12.0 Å². The molecule has 0 heterocycles. The molecule has 104 valence electrons. The third-order valence-electron chi connectivity index (χ3n) is 3.37. The Hall–Kier alpha value is -2.55. The standard InChI is InChI=1S/C14H15N3O3/c15-8-9-2-1-3-11(6-9)16-14(20)17-12-5-4-10(7-12)13(18)19/h1-3,6,10,12H,4-5,7H2,(H,18,19)(H2,16,17,20). The molecule has 3 N–H and O–H groups in total. The Kier molecular flexibility index (Phi) is 4.20. The topological polar surface area (TPSA) is 102 Å². The van der Waals surface area contributed by atoms with Crippen LogP contribution in [0.1, 0.15) is 24.8 Å². The maximum absolute atomic E-state index is 11.8. The minimum atomic E-state index is -0.809. The molecule has 2 amide bonds. The fourth-order valence-electron chi connectivity index (χ4n) is 2.36. The van der Waals surface area contributed by atoms with Crippen molar-refractivity contribution in [2.75, 3.05) is 5.32 Å². The summed E-state index contributed by atoms with van der Waals surface area (Å²) in [7, 11) is 0. The van der Waals surface area contributed by atoms with Crippen LogP contribution in [-0.2, 0) is 4.79 Å². The van der Waals surface area contributed by atoms with E-state index in [1.807, 2.05) is 6.07 Å². The van der Waals surface area contributed by atoms with E-state index in [1.54, 1.807) is 24.3 Å². The Morgan fingerprint density at radius 3 is 2.80 bits per heavy atom. The second kappa shape index (κ2) is 6.06. The van der Waals surface area contributed by atoms with E-state index >= 15 is 0 Å². The zero-order valence-electron chi connectivity index (χ0n) is 10.8. The van der Waals surface area contributed by atoms with Crippen LogP contribution in [0.25, 0.3) is 0 Å². The van der Waals surface area contributed by atoms with Crippen LogP contribution in [-0.4, -0.2) is 23.1 Å². The molecule has 2 unspecified atom stereocenters. The van der Waals surface area contributed by atoms with E-state index in [1.165, 1.54) is 0 Å². The van der Waals surface area contributed by atoms with Gasteiger partial charge in [-0.05, 0) is 37.5 Å². The molecule has 1 aliphatic carbocycles. The molecule has 0 aromatic heterocycles. The lowest BCUT2D eigenvalue weighted by molar-refractivity contribution is -0.141. The number of benzene rings is 1. The molecule has 6 nitrogen and oxygen atoms in total. The molecule has 1 aromatic carbocycles. The first-order valence-corrected chi connectivity index (χ1v) is 6.39. The highest BCUT2D eigenvalue weighted by atomic mass is 16.4. The van der Waals surface area contributed by atoms with Gasteiger partial charge in [-0.2, -0.15) is 5.26 Å². The van der Waals surface area contributed by atoms with Gasteiger partial charge in [-0.25, -0.2) is 4.79 Å². The zero-order chi connectivity index (χ0) is 14.5. The minimum absolute atomic E-state index is 0.116. The second-order valence-corrected chi connectivity index (χ2v) is 4.84. The van der Waals surface area contributed by atoms with Gasteiger partial charge in [0.15, 0.2) is 0 Å². The van der Waals surface area contributed by atoms with Crippen molar-refractivity contribution in [3.8, 4) is 6.07 Å². The summed E-state index contributed by atoms with van der Waals surface area (Å²) in [6.07, 6.45) is 1.72. The van der Waals surface area contributed by atoms with Gasteiger partial charge in [0, 0.05) is 11.7 Å². The van der Waals surface area contributed by atoms with Crippen molar-refractivity contribution in [2.24, 2.45) is 5.92 Å². The lowest BCUT2D eigenvalue weighted by Gasteiger charge is -2.13. The fourth-order valence-corrected chi connectivity index (χ4v) is 2.36. The van der Waals surface area contributed by atoms with Crippen molar-refractivity contribution in [1.29, 1.82) is 5.26 Å². The van der Waals surface area contributed by atoms with Gasteiger partial charge in [-0.15, -0.1) is 0 Å². The van der Waals surface area contributed by atoms with Crippen LogP contribution in [0.2, 0.25) is 0 Å². The summed E-state index contributed by atoms with van der Waals surface area (Å²) in [5.41, 5.74) is 1.00. The van der Waals surface area contributed by atoms with Crippen LogP contribution in [0.4, 0.5) is 10.5 Å². The lowest BCUT2D eigenvalue weighted by atomic mass is 10.1. The number of aliphatic carboxylic acids is 1. The first kappa shape index (κ1) is 13.9. The Labute approximate surface area is 116 Å². The molecular weight excluding hydrogens is 258 g/mol. The number of rotatable bonds is 3. The molecule has 2 rings (SSSR count). The van der Waals surface area contributed by atoms with Gasteiger partial charge in [0.2, 0.25) is 0 Å². The number of hydrogen-bond donors (Lipinski definition) is 3. The van der Waals surface area contributed by atoms with Gasteiger partial charge in [0.1, 0.15) is 0 Å². The van der Waals surface area contributed by atoms with Gasteiger partial charge in [-0.1, -0.05) is 6.07 Å². The van der Waals surface area contributed by atoms with E-state index in [-0.39, 0.29) is 18.0 Å². The van der Waals surface area contributed by atoms with Gasteiger partial charge in [0.25, 0.3) is 0 Å². The third kappa shape index (κ3) is 3.48. The lowest BCUT2D eigenvalue weighted by Crippen LogP contribution is -2.36.